The number of nitrogens with zero attached hydrogens (tertiary/aromatic N) is 4. The smallest absolute Gasteiger partial charge is 0.227 e. The van der Waals surface area contributed by atoms with Gasteiger partial charge in [-0.2, -0.15) is 0 Å². The van der Waals surface area contributed by atoms with Gasteiger partial charge in [-0.3, -0.25) is 4.79 Å². The van der Waals surface area contributed by atoms with Crippen LogP contribution >= 0.6 is 11.8 Å². The first-order valence-electron chi connectivity index (χ1n) is 9.59. The van der Waals surface area contributed by atoms with Crippen molar-refractivity contribution in [3.63, 3.8) is 0 Å². The molecule has 28 heavy (non-hydrogen) atoms. The van der Waals surface area contributed by atoms with Crippen LogP contribution in [-0.2, 0) is 11.2 Å². The fourth-order valence-corrected chi connectivity index (χ4v) is 4.10. The van der Waals surface area contributed by atoms with E-state index in [1.54, 1.807) is 0 Å². The number of hydrogen-bond acceptors (Lipinski definition) is 4. The average Bonchev–Trinajstić information content (AvgIpc) is 3.12. The first-order valence-corrected chi connectivity index (χ1v) is 10.5. The number of rotatable bonds is 6. The maximum absolute atomic E-state index is 12.5. The number of benzene rings is 2. The molecule has 2 aromatic carbocycles. The minimum Gasteiger partial charge on any atom is -0.338 e. The summed E-state index contributed by atoms with van der Waals surface area (Å²) in [6.45, 7) is 5.75. The predicted molar refractivity (Wildman–Crippen MR) is 112 cm³/mol. The molecule has 0 aliphatic carbocycles. The highest BCUT2D eigenvalue weighted by Crippen LogP contribution is 2.25. The van der Waals surface area contributed by atoms with Crippen molar-refractivity contribution < 1.29 is 4.79 Å². The molecule has 5 nitrogen and oxygen atoms in total. The minimum atomic E-state index is 0.170. The molecule has 0 unspecified atom stereocenters. The molecule has 1 aliphatic heterocycles. The van der Waals surface area contributed by atoms with Gasteiger partial charge in [0.05, 0.1) is 18.7 Å². The van der Waals surface area contributed by atoms with Crippen LogP contribution in [0.1, 0.15) is 25.5 Å². The van der Waals surface area contributed by atoms with Crippen molar-refractivity contribution in [3.05, 3.63) is 66.4 Å². The number of thioether (sulfide) groups is 1. The second-order valence-electron chi connectivity index (χ2n) is 7.39. The van der Waals surface area contributed by atoms with Crippen molar-refractivity contribution in [1.29, 1.82) is 0 Å². The van der Waals surface area contributed by atoms with Gasteiger partial charge in [-0.1, -0.05) is 61.5 Å². The summed E-state index contributed by atoms with van der Waals surface area (Å²) < 4.78 is 1.88. The summed E-state index contributed by atoms with van der Waals surface area (Å²) in [7, 11) is 0. The highest BCUT2D eigenvalue weighted by atomic mass is 32.2. The van der Waals surface area contributed by atoms with Gasteiger partial charge in [0.15, 0.2) is 0 Å². The van der Waals surface area contributed by atoms with Crippen LogP contribution in [0.25, 0.3) is 11.3 Å². The van der Waals surface area contributed by atoms with Gasteiger partial charge in [0, 0.05) is 28.8 Å². The molecule has 0 bridgehead atoms. The van der Waals surface area contributed by atoms with Crippen molar-refractivity contribution in [3.8, 4) is 11.3 Å². The lowest BCUT2D eigenvalue weighted by molar-refractivity contribution is -0.136. The van der Waals surface area contributed by atoms with Gasteiger partial charge in [0.1, 0.15) is 5.69 Å². The normalized spacial score (nSPS) is 14.3. The third kappa shape index (κ3) is 4.28. The largest absolute Gasteiger partial charge is 0.338 e. The second-order valence-corrected chi connectivity index (χ2v) is 9.04. The van der Waals surface area contributed by atoms with Gasteiger partial charge in [-0.15, -0.1) is 16.9 Å². The molecule has 6 heteroatoms. The van der Waals surface area contributed by atoms with Gasteiger partial charge in [0.2, 0.25) is 5.91 Å². The zero-order valence-corrected chi connectivity index (χ0v) is 17.0. The fourth-order valence-electron chi connectivity index (χ4n) is 3.27. The number of aromatic nitrogens is 3. The molecule has 3 aromatic rings. The van der Waals surface area contributed by atoms with E-state index < -0.39 is 0 Å². The third-order valence-corrected chi connectivity index (χ3v) is 5.84. The fraction of sp³-hybridized carbons (Fsp3) is 0.318. The van der Waals surface area contributed by atoms with Crippen LogP contribution in [0.5, 0.6) is 0 Å². The van der Waals surface area contributed by atoms with Crippen molar-refractivity contribution in [1.82, 2.24) is 19.9 Å². The second kappa shape index (κ2) is 8.19. The van der Waals surface area contributed by atoms with Crippen LogP contribution < -0.4 is 0 Å². The van der Waals surface area contributed by atoms with Gasteiger partial charge in [0.25, 0.3) is 0 Å². The third-order valence-electron chi connectivity index (χ3n) is 4.82. The maximum atomic E-state index is 12.5. The molecule has 1 aliphatic rings. The quantitative estimate of drug-likeness (QED) is 0.594. The van der Waals surface area contributed by atoms with Crippen LogP contribution in [0.3, 0.4) is 0 Å². The summed E-state index contributed by atoms with van der Waals surface area (Å²) in [5.41, 5.74) is 2.98. The van der Waals surface area contributed by atoms with Crippen LogP contribution in [0.15, 0.2) is 65.7 Å². The van der Waals surface area contributed by atoms with E-state index in [1.807, 2.05) is 57.9 Å². The molecular formula is C22H24N4OS. The molecular weight excluding hydrogens is 368 g/mol. The summed E-state index contributed by atoms with van der Waals surface area (Å²) in [6.07, 6.45) is 2.42. The Morgan fingerprint density at radius 3 is 2.50 bits per heavy atom. The number of amides is 1. The first kappa shape index (κ1) is 18.7. The Hall–Kier alpha value is -2.60. The molecule has 1 amide bonds. The van der Waals surface area contributed by atoms with Gasteiger partial charge in [-0.05, 0) is 17.7 Å². The minimum absolute atomic E-state index is 0.170. The number of carbonyl (C=O) groups excluding carboxylic acids is 1. The highest BCUT2D eigenvalue weighted by Gasteiger charge is 2.32. The zero-order chi connectivity index (χ0) is 19.5. The average molecular weight is 393 g/mol. The monoisotopic (exact) mass is 392 g/mol. The van der Waals surface area contributed by atoms with Crippen molar-refractivity contribution >= 4 is 17.7 Å². The summed E-state index contributed by atoms with van der Waals surface area (Å²) in [4.78, 5) is 15.7. The summed E-state index contributed by atoms with van der Waals surface area (Å²) in [5.74, 6) is 0.170. The number of carbonyl (C=O) groups is 1. The molecule has 0 atom stereocenters. The predicted octanol–water partition coefficient (Wildman–Crippen LogP) is 4.07. The van der Waals surface area contributed by atoms with E-state index in [4.69, 9.17) is 0 Å². The lowest BCUT2D eigenvalue weighted by atomic mass is 10.1. The Balaban J connectivity index is 1.30. The summed E-state index contributed by atoms with van der Waals surface area (Å²) in [6, 6.07) is 18.6. The standard InChI is InChI=1S/C22H24N4OS/c1-16(2)28-20-10-8-17(9-11-20)12-22(27)25-13-19(14-25)26-15-21(23-24-26)18-6-4-3-5-7-18/h3-11,15-16,19H,12-14H2,1-2H3. The molecule has 0 saturated carbocycles. The van der Waals surface area contributed by atoms with E-state index in [1.165, 1.54) is 4.90 Å². The SMILES string of the molecule is CC(C)Sc1ccc(CC(=O)N2CC(n3cc(-c4ccccc4)nn3)C2)cc1. The lowest BCUT2D eigenvalue weighted by Crippen LogP contribution is -2.51. The van der Waals surface area contributed by atoms with Crippen LogP contribution in [0.4, 0.5) is 0 Å². The highest BCUT2D eigenvalue weighted by molar-refractivity contribution is 7.99. The van der Waals surface area contributed by atoms with Crippen molar-refractivity contribution in [2.45, 2.75) is 36.5 Å². The van der Waals surface area contributed by atoms with Gasteiger partial charge >= 0.3 is 0 Å². The Labute approximate surface area is 169 Å². The van der Waals surface area contributed by atoms with Crippen molar-refractivity contribution in [2.75, 3.05) is 13.1 Å². The van der Waals surface area contributed by atoms with E-state index in [2.05, 4.69) is 48.4 Å². The van der Waals surface area contributed by atoms with Crippen LogP contribution in [0.2, 0.25) is 0 Å². The van der Waals surface area contributed by atoms with Gasteiger partial charge in [-0.25, -0.2) is 4.68 Å². The van der Waals surface area contributed by atoms with Gasteiger partial charge < -0.3 is 4.90 Å². The molecule has 1 saturated heterocycles. The number of likely N-dealkylation sites (tertiary alicyclic amines) is 1. The van der Waals surface area contributed by atoms with E-state index >= 15 is 0 Å². The van der Waals surface area contributed by atoms with E-state index in [0.29, 0.717) is 24.8 Å². The van der Waals surface area contributed by atoms with Crippen LogP contribution in [-0.4, -0.2) is 44.1 Å². The molecule has 0 N–H and O–H groups in total. The topological polar surface area (TPSA) is 51.0 Å². The van der Waals surface area contributed by atoms with Crippen LogP contribution in [0, 0.1) is 0 Å². The zero-order valence-electron chi connectivity index (χ0n) is 16.2. The molecule has 1 aromatic heterocycles. The Morgan fingerprint density at radius 2 is 1.82 bits per heavy atom. The maximum Gasteiger partial charge on any atom is 0.227 e. The van der Waals surface area contributed by atoms with Crippen molar-refractivity contribution in [2.24, 2.45) is 0 Å². The van der Waals surface area contributed by atoms with E-state index in [-0.39, 0.29) is 11.9 Å². The Bertz CT molecular complexity index is 931. The molecule has 1 fully saturated rings. The molecule has 0 radical (unpaired) electrons. The van der Waals surface area contributed by atoms with E-state index in [0.717, 1.165) is 16.8 Å². The summed E-state index contributed by atoms with van der Waals surface area (Å²) in [5, 5.41) is 9.07. The lowest BCUT2D eigenvalue weighted by Gasteiger charge is -2.39. The number of hydrogen-bond donors (Lipinski definition) is 0. The first-order chi connectivity index (χ1) is 13.6. The Morgan fingerprint density at radius 1 is 1.11 bits per heavy atom. The summed E-state index contributed by atoms with van der Waals surface area (Å²) >= 11 is 1.84. The molecule has 144 valence electrons. The molecule has 4 rings (SSSR count). The Kier molecular flexibility index (Phi) is 5.48. The van der Waals surface area contributed by atoms with E-state index in [9.17, 15) is 4.79 Å². The molecule has 2 heterocycles. The molecule has 0 spiro atoms.